The number of aliphatic hydroxyl groups is 1. The summed E-state index contributed by atoms with van der Waals surface area (Å²) in [5.41, 5.74) is 0.0951. The molecular weight excluding hydrogens is 234 g/mol. The maximum atomic E-state index is 11.0. The number of anilines is 1. The van der Waals surface area contributed by atoms with Crippen LogP contribution in [-0.2, 0) is 0 Å². The first kappa shape index (κ1) is 13.9. The first-order chi connectivity index (χ1) is 8.51. The minimum Gasteiger partial charge on any atom is -0.396 e. The van der Waals surface area contributed by atoms with Crippen LogP contribution in [0.1, 0.15) is 19.4 Å². The van der Waals surface area contributed by atoms with Gasteiger partial charge in [-0.2, -0.15) is 5.26 Å². The number of nitro groups is 1. The molecule has 0 aliphatic heterocycles. The summed E-state index contributed by atoms with van der Waals surface area (Å²) in [7, 11) is 0. The number of nitriles is 1. The van der Waals surface area contributed by atoms with Crippen LogP contribution < -0.4 is 5.32 Å². The van der Waals surface area contributed by atoms with Crippen LogP contribution in [0, 0.1) is 27.4 Å². The number of rotatable bonds is 5. The molecule has 96 valence electrons. The molecule has 0 fully saturated rings. The van der Waals surface area contributed by atoms with Crippen LogP contribution in [0.2, 0.25) is 0 Å². The molecule has 0 radical (unpaired) electrons. The van der Waals surface area contributed by atoms with Gasteiger partial charge in [-0.3, -0.25) is 10.1 Å². The van der Waals surface area contributed by atoms with Crippen LogP contribution in [0.5, 0.6) is 0 Å². The summed E-state index contributed by atoms with van der Waals surface area (Å²) in [4.78, 5) is 10.4. The maximum Gasteiger partial charge on any atom is 0.309 e. The number of nitro benzene ring substituents is 1. The largest absolute Gasteiger partial charge is 0.396 e. The van der Waals surface area contributed by atoms with Gasteiger partial charge in [0, 0.05) is 12.6 Å². The number of nitrogens with zero attached hydrogens (tertiary/aromatic N) is 2. The molecule has 0 amide bonds. The summed E-state index contributed by atoms with van der Waals surface area (Å²) in [6.45, 7) is 3.64. The van der Waals surface area contributed by atoms with E-state index in [0.717, 1.165) is 0 Å². The molecule has 1 aromatic carbocycles. The third kappa shape index (κ3) is 2.96. The van der Waals surface area contributed by atoms with Crippen LogP contribution in [0.3, 0.4) is 0 Å². The Balaban J connectivity index is 3.10. The van der Waals surface area contributed by atoms with Gasteiger partial charge >= 0.3 is 5.69 Å². The molecule has 2 atom stereocenters. The average Bonchev–Trinajstić information content (AvgIpc) is 2.36. The second kappa shape index (κ2) is 5.98. The molecule has 0 saturated carbocycles. The van der Waals surface area contributed by atoms with Crippen molar-refractivity contribution in [3.8, 4) is 6.07 Å². The predicted molar refractivity (Wildman–Crippen MR) is 67.1 cm³/mol. The molecule has 1 rings (SSSR count). The number of hydrogen-bond donors (Lipinski definition) is 2. The Morgan fingerprint density at radius 3 is 2.72 bits per heavy atom. The van der Waals surface area contributed by atoms with Gasteiger partial charge in [0.25, 0.3) is 0 Å². The molecule has 6 heteroatoms. The van der Waals surface area contributed by atoms with Crippen molar-refractivity contribution in [3.63, 3.8) is 0 Å². The zero-order valence-corrected chi connectivity index (χ0v) is 10.3. The predicted octanol–water partition coefficient (Wildman–Crippen LogP) is 1.90. The summed E-state index contributed by atoms with van der Waals surface area (Å²) in [5.74, 6) is -0.0460. The molecule has 2 N–H and O–H groups in total. The van der Waals surface area contributed by atoms with Gasteiger partial charge in [-0.25, -0.2) is 0 Å². The van der Waals surface area contributed by atoms with Crippen LogP contribution in [0.4, 0.5) is 11.4 Å². The molecule has 0 aliphatic rings. The summed E-state index contributed by atoms with van der Waals surface area (Å²) in [6.07, 6.45) is 0. The zero-order chi connectivity index (χ0) is 13.7. The molecular formula is C12H15N3O3. The second-order valence-electron chi connectivity index (χ2n) is 4.16. The minimum atomic E-state index is -0.572. The number of benzene rings is 1. The lowest BCUT2D eigenvalue weighted by Crippen LogP contribution is -2.26. The Hall–Kier alpha value is -2.13. The van der Waals surface area contributed by atoms with E-state index in [1.54, 1.807) is 18.2 Å². The smallest absolute Gasteiger partial charge is 0.309 e. The third-order valence-electron chi connectivity index (χ3n) is 2.86. The molecule has 0 bridgehead atoms. The first-order valence-corrected chi connectivity index (χ1v) is 5.56. The fourth-order valence-electron chi connectivity index (χ4n) is 1.49. The highest BCUT2D eigenvalue weighted by atomic mass is 16.6. The molecule has 0 heterocycles. The molecule has 0 aliphatic carbocycles. The number of aliphatic hydroxyl groups excluding tert-OH is 1. The van der Waals surface area contributed by atoms with Gasteiger partial charge in [-0.1, -0.05) is 13.0 Å². The average molecular weight is 249 g/mol. The molecule has 18 heavy (non-hydrogen) atoms. The molecule has 2 unspecified atom stereocenters. The Bertz CT molecular complexity index is 482. The van der Waals surface area contributed by atoms with Crippen molar-refractivity contribution in [2.75, 3.05) is 11.9 Å². The van der Waals surface area contributed by atoms with Gasteiger partial charge in [0.05, 0.1) is 4.92 Å². The fourth-order valence-corrected chi connectivity index (χ4v) is 1.49. The number of nitrogens with one attached hydrogen (secondary N) is 1. The SMILES string of the molecule is CC(CO)C(C)Nc1cccc(C#N)c1[N+](=O)[O-]. The van der Waals surface area contributed by atoms with E-state index < -0.39 is 4.92 Å². The van der Waals surface area contributed by atoms with E-state index in [9.17, 15) is 10.1 Å². The quantitative estimate of drug-likeness (QED) is 0.613. The lowest BCUT2D eigenvalue weighted by atomic mass is 10.0. The summed E-state index contributed by atoms with van der Waals surface area (Å²) in [5, 5.41) is 31.8. The van der Waals surface area contributed by atoms with Crippen molar-refractivity contribution < 1.29 is 10.0 Å². The van der Waals surface area contributed by atoms with Gasteiger partial charge in [0.1, 0.15) is 17.3 Å². The minimum absolute atomic E-state index is 0.0140. The van der Waals surface area contributed by atoms with Crippen molar-refractivity contribution in [2.45, 2.75) is 19.9 Å². The fraction of sp³-hybridized carbons (Fsp3) is 0.417. The van der Waals surface area contributed by atoms with Crippen molar-refractivity contribution in [1.82, 2.24) is 0 Å². The standard InChI is InChI=1S/C12H15N3O3/c1-8(7-16)9(2)14-11-5-3-4-10(6-13)12(11)15(17)18/h3-5,8-9,14,16H,7H2,1-2H3. The number of para-hydroxylation sites is 1. The van der Waals surface area contributed by atoms with E-state index in [2.05, 4.69) is 5.32 Å². The van der Waals surface area contributed by atoms with Gasteiger partial charge in [-0.05, 0) is 25.0 Å². The lowest BCUT2D eigenvalue weighted by molar-refractivity contribution is -0.384. The zero-order valence-electron chi connectivity index (χ0n) is 10.3. The van der Waals surface area contributed by atoms with E-state index >= 15 is 0 Å². The Labute approximate surface area is 105 Å². The number of hydrogen-bond acceptors (Lipinski definition) is 5. The van der Waals surface area contributed by atoms with Crippen LogP contribution in [0.25, 0.3) is 0 Å². The highest BCUT2D eigenvalue weighted by Gasteiger charge is 2.21. The molecule has 0 saturated heterocycles. The normalized spacial score (nSPS) is 13.4. The Morgan fingerprint density at radius 1 is 1.56 bits per heavy atom. The highest BCUT2D eigenvalue weighted by molar-refractivity contribution is 5.68. The van der Waals surface area contributed by atoms with E-state index in [1.807, 2.05) is 13.8 Å². The lowest BCUT2D eigenvalue weighted by Gasteiger charge is -2.20. The van der Waals surface area contributed by atoms with E-state index in [4.69, 9.17) is 10.4 Å². The van der Waals surface area contributed by atoms with Gasteiger partial charge in [0.2, 0.25) is 0 Å². The first-order valence-electron chi connectivity index (χ1n) is 5.56. The van der Waals surface area contributed by atoms with Crippen LogP contribution in [0.15, 0.2) is 18.2 Å². The highest BCUT2D eigenvalue weighted by Crippen LogP contribution is 2.29. The van der Waals surface area contributed by atoms with Crippen molar-refractivity contribution in [1.29, 1.82) is 5.26 Å². The van der Waals surface area contributed by atoms with E-state index in [-0.39, 0.29) is 29.8 Å². The summed E-state index contributed by atoms with van der Waals surface area (Å²) >= 11 is 0. The molecule has 0 spiro atoms. The molecule has 0 aromatic heterocycles. The van der Waals surface area contributed by atoms with Gasteiger partial charge < -0.3 is 10.4 Å². The van der Waals surface area contributed by atoms with E-state index in [1.165, 1.54) is 6.07 Å². The molecule has 6 nitrogen and oxygen atoms in total. The monoisotopic (exact) mass is 249 g/mol. The second-order valence-corrected chi connectivity index (χ2v) is 4.16. The van der Waals surface area contributed by atoms with Gasteiger partial charge in [0.15, 0.2) is 0 Å². The summed E-state index contributed by atoms with van der Waals surface area (Å²) < 4.78 is 0. The Morgan fingerprint density at radius 2 is 2.22 bits per heavy atom. The Kier molecular flexibility index (Phi) is 4.63. The van der Waals surface area contributed by atoms with Crippen LogP contribution >= 0.6 is 0 Å². The van der Waals surface area contributed by atoms with Gasteiger partial charge in [-0.15, -0.1) is 0 Å². The molecule has 1 aromatic rings. The maximum absolute atomic E-state index is 11.0. The van der Waals surface area contributed by atoms with Crippen molar-refractivity contribution in [3.05, 3.63) is 33.9 Å². The summed E-state index contributed by atoms with van der Waals surface area (Å²) in [6, 6.07) is 6.22. The third-order valence-corrected chi connectivity index (χ3v) is 2.86. The van der Waals surface area contributed by atoms with Crippen LogP contribution in [-0.4, -0.2) is 22.7 Å². The van der Waals surface area contributed by atoms with Crippen molar-refractivity contribution >= 4 is 11.4 Å². The van der Waals surface area contributed by atoms with E-state index in [0.29, 0.717) is 5.69 Å². The topological polar surface area (TPSA) is 99.2 Å². The van der Waals surface area contributed by atoms with Crippen molar-refractivity contribution in [2.24, 2.45) is 5.92 Å².